The fraction of sp³-hybridized carbons (Fsp3) is 0.339. The fourth-order valence-electron chi connectivity index (χ4n) is 11.5. The molecule has 1 nitrogen and oxygen atoms in total. The van der Waals surface area contributed by atoms with E-state index < -0.39 is 0 Å². The number of benzene rings is 14. The molecule has 0 atom stereocenters. The molecule has 0 fully saturated rings. The Bertz CT molecular complexity index is 4880. The SMILES string of the molecule is CC.CC.CC.CC.CC.CC.CC.CC.CC.CC.CC.CC.CC.CC.Cc1[c-]c(-c2[c-]cccc2C)ccc1.Cc1c[c-]c(-c2[c-]cc(C)cc2)cc1.Cc1c[c-]c(-c2[c-]ccc(C)c2)cc1.Cc1c[c-]c(-c2[c-]cccc2C)cc1.Cc1cc[c-]c(-c2[c-]ccc(C)c2)c1.Cc1cc[c-]c(-c2[c-]cccc2C)c1.Cc1cccc2c3cccc(C)c3n(C)c12.[Y].[Y].[Y].[Y].[Y].[Y]. The third-order valence-electron chi connectivity index (χ3n) is 17.0. The van der Waals surface area contributed by atoms with Gasteiger partial charge in [0.15, 0.2) is 0 Å². The Morgan fingerprint density at radius 2 is 0.410 bits per heavy atom. The maximum atomic E-state index is 3.33. The second-order valence-corrected chi connectivity index (χ2v) is 25.7. The maximum Gasteiger partial charge on any atom is 0.0518 e. The monoisotopic (exact) mass is 2240 g/mol. The molecule has 0 saturated carbocycles. The summed E-state index contributed by atoms with van der Waals surface area (Å²) in [5.74, 6) is 0. The van der Waals surface area contributed by atoms with Crippen LogP contribution in [-0.4, -0.2) is 4.57 Å². The second-order valence-electron chi connectivity index (χ2n) is 25.7. The van der Waals surface area contributed by atoms with E-state index in [1.54, 1.807) is 0 Å². The molecule has 1 aromatic heterocycles. The van der Waals surface area contributed by atoms with Gasteiger partial charge in [-0.1, -0.05) is 313 Å². The van der Waals surface area contributed by atoms with Crippen LogP contribution in [0.15, 0.2) is 255 Å². The van der Waals surface area contributed by atoms with Crippen LogP contribution in [-0.2, 0) is 203 Å². The molecule has 15 aromatic rings. The van der Waals surface area contributed by atoms with Crippen LogP contribution in [0.5, 0.6) is 0 Å². The summed E-state index contributed by atoms with van der Waals surface area (Å²) < 4.78 is 2.31. The van der Waals surface area contributed by atoms with Gasteiger partial charge in [-0.3, -0.25) is 0 Å². The van der Waals surface area contributed by atoms with Crippen molar-refractivity contribution >= 4 is 21.8 Å². The molecule has 0 unspecified atom stereocenters. The summed E-state index contributed by atoms with van der Waals surface area (Å²) in [4.78, 5) is 0. The van der Waals surface area contributed by atoms with Crippen molar-refractivity contribution in [3.05, 3.63) is 405 Å². The van der Waals surface area contributed by atoms with E-state index in [1.165, 1.54) is 99.7 Å². The van der Waals surface area contributed by atoms with Crippen LogP contribution < -0.4 is 0 Å². The van der Waals surface area contributed by atoms with Crippen molar-refractivity contribution in [3.63, 3.8) is 0 Å². The van der Waals surface area contributed by atoms with Crippen LogP contribution in [0.25, 0.3) is 88.6 Å². The first-order chi connectivity index (χ1) is 62.3. The number of para-hydroxylation sites is 2. The molecule has 1 heterocycles. The molecule has 7 heteroatoms. The van der Waals surface area contributed by atoms with Crippen LogP contribution in [0.1, 0.15) is 272 Å². The summed E-state index contributed by atoms with van der Waals surface area (Å²) in [6.07, 6.45) is 0. The Hall–Kier alpha value is -4.50. The number of aryl methyl sites for hydroxylation is 15. The van der Waals surface area contributed by atoms with Gasteiger partial charge in [-0.15, -0.1) is 98.6 Å². The first kappa shape index (κ1) is 155. The van der Waals surface area contributed by atoms with Gasteiger partial charge in [0.2, 0.25) is 0 Å². The molecule has 0 amide bonds. The van der Waals surface area contributed by atoms with Crippen molar-refractivity contribution in [1.29, 1.82) is 0 Å². The number of rotatable bonds is 6. The Morgan fingerprint density at radius 1 is 0.179 bits per heavy atom. The molecule has 0 aliphatic carbocycles. The van der Waals surface area contributed by atoms with E-state index in [-0.39, 0.29) is 196 Å². The van der Waals surface area contributed by atoms with Crippen molar-refractivity contribution in [3.8, 4) is 66.8 Å². The van der Waals surface area contributed by atoms with Crippen molar-refractivity contribution in [2.24, 2.45) is 7.05 Å². The van der Waals surface area contributed by atoms with Gasteiger partial charge in [-0.05, 0) is 25.0 Å². The van der Waals surface area contributed by atoms with Gasteiger partial charge in [0.1, 0.15) is 0 Å². The molecule has 6 radical (unpaired) electrons. The molecule has 134 heavy (non-hydrogen) atoms. The number of nitrogens with zero attached hydrogens (tertiary/aromatic N) is 1. The predicted octanol–water partition coefficient (Wildman–Crippen LogP) is 39.7. The van der Waals surface area contributed by atoms with Gasteiger partial charge in [-0.25, -0.2) is 66.8 Å². The largest absolute Gasteiger partial charge is 0.343 e. The molecule has 14 aromatic carbocycles. The average molecular weight is 2250 g/mol. The van der Waals surface area contributed by atoms with E-state index in [0.29, 0.717) is 0 Å². The minimum absolute atomic E-state index is 0. The van der Waals surface area contributed by atoms with Crippen LogP contribution in [0.3, 0.4) is 0 Å². The molecule has 0 bridgehead atoms. The summed E-state index contributed by atoms with van der Waals surface area (Å²) in [6, 6.07) is 126. The van der Waals surface area contributed by atoms with Crippen LogP contribution >= 0.6 is 0 Å². The van der Waals surface area contributed by atoms with E-state index in [2.05, 4.69) is 351 Å². The molecule has 0 aliphatic rings. The van der Waals surface area contributed by atoms with Gasteiger partial charge in [0.25, 0.3) is 0 Å². The number of hydrogen-bond donors (Lipinski definition) is 0. The fourth-order valence-corrected chi connectivity index (χ4v) is 11.5. The normalized spacial score (nSPS) is 8.35. The minimum atomic E-state index is 0. The summed E-state index contributed by atoms with van der Waals surface area (Å²) in [7, 11) is 2.16. The Morgan fingerprint density at radius 3 is 0.672 bits per heavy atom. The van der Waals surface area contributed by atoms with Crippen molar-refractivity contribution < 1.29 is 196 Å². The van der Waals surface area contributed by atoms with Crippen LogP contribution in [0.2, 0.25) is 0 Å². The molecular weight excluding hydrogens is 2070 g/mol. The van der Waals surface area contributed by atoms with Gasteiger partial charge in [-0.2, -0.15) is 259 Å². The molecule has 15 rings (SSSR count). The second kappa shape index (κ2) is 103. The quantitative estimate of drug-likeness (QED) is 0.146. The third kappa shape index (κ3) is 61.3. The Labute approximate surface area is 979 Å². The summed E-state index contributed by atoms with van der Waals surface area (Å²) in [6.45, 7) is 85.3. The van der Waals surface area contributed by atoms with Crippen LogP contribution in [0, 0.1) is 170 Å². The zero-order valence-electron chi connectivity index (χ0n) is 92.2. The van der Waals surface area contributed by atoms with E-state index in [0.717, 1.165) is 66.8 Å². The van der Waals surface area contributed by atoms with Gasteiger partial charge < -0.3 is 4.57 Å². The molecule has 0 spiro atoms. The first-order valence-electron chi connectivity index (χ1n) is 48.0. The van der Waals surface area contributed by atoms with Crippen molar-refractivity contribution in [2.75, 3.05) is 0 Å². The van der Waals surface area contributed by atoms with E-state index in [1.807, 2.05) is 279 Å². The van der Waals surface area contributed by atoms with Crippen LogP contribution in [0.4, 0.5) is 0 Å². The zero-order valence-corrected chi connectivity index (χ0v) is 109. The first-order valence-corrected chi connectivity index (χ1v) is 48.0. The summed E-state index contributed by atoms with van der Waals surface area (Å²) in [5, 5.41) is 2.72. The van der Waals surface area contributed by atoms with E-state index in [9.17, 15) is 0 Å². The third-order valence-corrected chi connectivity index (χ3v) is 17.0. The number of fused-ring (bicyclic) bond motifs is 3. The smallest absolute Gasteiger partial charge is 0.0518 e. The average Bonchev–Trinajstić information content (AvgIpc) is 1.60. The molecule has 0 saturated heterocycles. The molecular formula is C127H171NY6-12. The zero-order chi connectivity index (χ0) is 99.1. The van der Waals surface area contributed by atoms with Gasteiger partial charge in [0, 0.05) is 214 Å². The van der Waals surface area contributed by atoms with Gasteiger partial charge in [0.05, 0.1) is 11.0 Å². The molecule has 714 valence electrons. The Balaban J connectivity index is -0.000000123. The van der Waals surface area contributed by atoms with Crippen molar-refractivity contribution in [2.45, 2.75) is 291 Å². The number of hydrogen-bond acceptors (Lipinski definition) is 0. The number of aromatic nitrogens is 1. The maximum absolute atomic E-state index is 3.33. The topological polar surface area (TPSA) is 4.93 Å². The standard InChI is InChI=1S/C15H15N.6C14H12.14C2H6.6Y/c1-10-6-4-8-12-13-9-5-7-11(2)15(13)16(3)14(10)12;1-11-3-7-13(8-4-11)14-9-5-12(2)6-10-14;1-11-5-3-7-13(9-11)14-8-4-6-12(2)10-14;2*1-11-6-5-8-13(10-11)14-9-4-3-7-12(14)2;1-11-6-8-13(9-7-11)14-5-3-4-12(2)10-14;1-11-7-9-13(10-8-11)14-6-4-3-5-12(14)2;14*1-2;;;;;;/h4-9H,1-3H3;3-7,9H,1-2H3;3-6,9-10H,1-2H3;3-7,10H,1-2H3;3-8H,1-2H3;3-4,6-8,10H,1-2H3;3-5,7-9H,1-2H3;14*1-2H3;;;;;;/q;6*-2;;;;;;;;;;;;;;;;;;;;. The minimum Gasteiger partial charge on any atom is -0.343 e. The van der Waals surface area contributed by atoms with Crippen molar-refractivity contribution in [1.82, 2.24) is 4.57 Å². The Kier molecular flexibility index (Phi) is 119. The van der Waals surface area contributed by atoms with E-state index >= 15 is 0 Å². The summed E-state index contributed by atoms with van der Waals surface area (Å²) >= 11 is 0. The molecule has 0 N–H and O–H groups in total. The predicted molar refractivity (Wildman–Crippen MR) is 583 cm³/mol. The van der Waals surface area contributed by atoms with E-state index in [4.69, 9.17) is 0 Å². The summed E-state index contributed by atoms with van der Waals surface area (Å²) in [5.41, 5.74) is 33.8. The van der Waals surface area contributed by atoms with Gasteiger partial charge >= 0.3 is 0 Å². The molecule has 0 aliphatic heterocycles.